The largest absolute Gasteiger partial charge is 0.338 e. The molecule has 0 amide bonds. The zero-order valence-corrected chi connectivity index (χ0v) is 11.9. The first-order chi connectivity index (χ1) is 8.66. The molecule has 1 heterocycles. The molecule has 18 heavy (non-hydrogen) atoms. The lowest BCUT2D eigenvalue weighted by atomic mass is 10.0. The monoisotopic (exact) mass is 300 g/mol. The lowest BCUT2D eigenvalue weighted by molar-refractivity contribution is 1.26. The number of hydrogen-bond acceptors (Lipinski definition) is 1. The molecular formula is C15H13BrN2. The maximum absolute atomic E-state index is 4.64. The van der Waals surface area contributed by atoms with Crippen molar-refractivity contribution in [2.75, 3.05) is 0 Å². The summed E-state index contributed by atoms with van der Waals surface area (Å²) in [7, 11) is 0. The summed E-state index contributed by atoms with van der Waals surface area (Å²) in [4.78, 5) is 8.02. The van der Waals surface area contributed by atoms with Gasteiger partial charge in [0.25, 0.3) is 0 Å². The van der Waals surface area contributed by atoms with Crippen molar-refractivity contribution >= 4 is 27.0 Å². The predicted molar refractivity (Wildman–Crippen MR) is 78.7 cm³/mol. The number of aromatic nitrogens is 2. The molecule has 0 atom stereocenters. The molecule has 0 aliphatic rings. The van der Waals surface area contributed by atoms with Crippen molar-refractivity contribution in [2.24, 2.45) is 0 Å². The zero-order valence-electron chi connectivity index (χ0n) is 10.3. The molecule has 3 rings (SSSR count). The van der Waals surface area contributed by atoms with Crippen LogP contribution in [0.1, 0.15) is 11.1 Å². The quantitative estimate of drug-likeness (QED) is 0.698. The molecule has 90 valence electrons. The van der Waals surface area contributed by atoms with E-state index in [4.69, 9.17) is 0 Å². The van der Waals surface area contributed by atoms with E-state index in [0.717, 1.165) is 26.9 Å². The number of benzene rings is 2. The fourth-order valence-electron chi connectivity index (χ4n) is 2.12. The number of halogens is 1. The molecular weight excluding hydrogens is 288 g/mol. The highest BCUT2D eigenvalue weighted by molar-refractivity contribution is 9.10. The Labute approximate surface area is 114 Å². The van der Waals surface area contributed by atoms with Crippen molar-refractivity contribution in [1.29, 1.82) is 0 Å². The summed E-state index contributed by atoms with van der Waals surface area (Å²) in [6.07, 6.45) is 0. The Morgan fingerprint density at radius 1 is 1.00 bits per heavy atom. The van der Waals surface area contributed by atoms with Crippen LogP contribution in [0.15, 0.2) is 40.9 Å². The van der Waals surface area contributed by atoms with E-state index in [1.807, 2.05) is 24.3 Å². The van der Waals surface area contributed by atoms with Crippen LogP contribution in [-0.2, 0) is 0 Å². The van der Waals surface area contributed by atoms with Crippen LogP contribution < -0.4 is 0 Å². The minimum absolute atomic E-state index is 0.935. The Hall–Kier alpha value is -1.61. The van der Waals surface area contributed by atoms with E-state index in [9.17, 15) is 0 Å². The van der Waals surface area contributed by atoms with Gasteiger partial charge in [-0.2, -0.15) is 0 Å². The molecule has 3 aromatic rings. The fourth-order valence-corrected chi connectivity index (χ4v) is 2.55. The maximum atomic E-state index is 4.64. The van der Waals surface area contributed by atoms with Gasteiger partial charge in [-0.25, -0.2) is 4.98 Å². The molecule has 1 aromatic heterocycles. The third kappa shape index (κ3) is 1.75. The van der Waals surface area contributed by atoms with Gasteiger partial charge in [0.15, 0.2) is 0 Å². The molecule has 0 aliphatic heterocycles. The number of aromatic amines is 1. The first kappa shape index (κ1) is 11.5. The minimum atomic E-state index is 0.935. The average molecular weight is 301 g/mol. The second kappa shape index (κ2) is 4.25. The summed E-state index contributed by atoms with van der Waals surface area (Å²) in [5.74, 6) is 0.935. The Balaban J connectivity index is 2.23. The van der Waals surface area contributed by atoms with Crippen LogP contribution in [0.25, 0.3) is 22.4 Å². The van der Waals surface area contributed by atoms with Crippen LogP contribution >= 0.6 is 15.9 Å². The minimum Gasteiger partial charge on any atom is -0.338 e. The standard InChI is InChI=1S/C15H13BrN2/c1-9-10(2)12(16)8-7-11(9)15-17-13-5-3-4-6-14(13)18-15/h3-8H,1-2H3,(H,17,18). The molecule has 2 nitrogen and oxygen atoms in total. The van der Waals surface area contributed by atoms with Gasteiger partial charge in [-0.1, -0.05) is 28.1 Å². The Kier molecular flexibility index (Phi) is 2.71. The third-order valence-electron chi connectivity index (χ3n) is 3.37. The second-order valence-electron chi connectivity index (χ2n) is 4.45. The lowest BCUT2D eigenvalue weighted by Gasteiger charge is -2.07. The van der Waals surface area contributed by atoms with Gasteiger partial charge in [-0.05, 0) is 49.2 Å². The molecule has 0 radical (unpaired) electrons. The zero-order chi connectivity index (χ0) is 12.7. The number of para-hydroxylation sites is 2. The van der Waals surface area contributed by atoms with E-state index >= 15 is 0 Å². The summed E-state index contributed by atoms with van der Waals surface area (Å²) in [5, 5.41) is 0. The second-order valence-corrected chi connectivity index (χ2v) is 5.30. The van der Waals surface area contributed by atoms with Gasteiger partial charge in [0.2, 0.25) is 0 Å². The Bertz CT molecular complexity index is 695. The first-order valence-electron chi connectivity index (χ1n) is 5.87. The summed E-state index contributed by atoms with van der Waals surface area (Å²) in [6, 6.07) is 12.3. The molecule has 0 bridgehead atoms. The number of H-pyrrole nitrogens is 1. The van der Waals surface area contributed by atoms with Crippen molar-refractivity contribution in [3.8, 4) is 11.4 Å². The Morgan fingerprint density at radius 3 is 2.56 bits per heavy atom. The molecule has 0 saturated carbocycles. The summed E-state index contributed by atoms with van der Waals surface area (Å²) < 4.78 is 1.14. The van der Waals surface area contributed by atoms with Gasteiger partial charge in [0, 0.05) is 10.0 Å². The number of rotatable bonds is 1. The van der Waals surface area contributed by atoms with Crippen LogP contribution in [0.3, 0.4) is 0 Å². The van der Waals surface area contributed by atoms with Crippen molar-refractivity contribution in [2.45, 2.75) is 13.8 Å². The highest BCUT2D eigenvalue weighted by Crippen LogP contribution is 2.29. The van der Waals surface area contributed by atoms with Gasteiger partial charge >= 0.3 is 0 Å². The van der Waals surface area contributed by atoms with Gasteiger partial charge in [0.05, 0.1) is 11.0 Å². The molecule has 0 unspecified atom stereocenters. The molecule has 0 fully saturated rings. The average Bonchev–Trinajstić information content (AvgIpc) is 2.79. The van der Waals surface area contributed by atoms with Gasteiger partial charge in [-0.3, -0.25) is 0 Å². The van der Waals surface area contributed by atoms with E-state index < -0.39 is 0 Å². The van der Waals surface area contributed by atoms with E-state index in [1.165, 1.54) is 11.1 Å². The van der Waals surface area contributed by atoms with E-state index in [2.05, 4.69) is 51.9 Å². The molecule has 0 saturated heterocycles. The van der Waals surface area contributed by atoms with Gasteiger partial charge in [-0.15, -0.1) is 0 Å². The molecule has 1 N–H and O–H groups in total. The first-order valence-corrected chi connectivity index (χ1v) is 6.67. The summed E-state index contributed by atoms with van der Waals surface area (Å²) in [6.45, 7) is 4.24. The van der Waals surface area contributed by atoms with E-state index in [-0.39, 0.29) is 0 Å². The molecule has 0 spiro atoms. The van der Waals surface area contributed by atoms with Gasteiger partial charge < -0.3 is 4.98 Å². The number of nitrogens with one attached hydrogen (secondary N) is 1. The molecule has 0 aliphatic carbocycles. The number of hydrogen-bond donors (Lipinski definition) is 1. The van der Waals surface area contributed by atoms with Crippen LogP contribution in [0, 0.1) is 13.8 Å². The lowest BCUT2D eigenvalue weighted by Crippen LogP contribution is -1.90. The fraction of sp³-hybridized carbons (Fsp3) is 0.133. The van der Waals surface area contributed by atoms with Crippen molar-refractivity contribution in [1.82, 2.24) is 9.97 Å². The van der Waals surface area contributed by atoms with E-state index in [0.29, 0.717) is 0 Å². The van der Waals surface area contributed by atoms with Gasteiger partial charge in [0.1, 0.15) is 5.82 Å². The van der Waals surface area contributed by atoms with Crippen LogP contribution in [0.4, 0.5) is 0 Å². The normalized spacial score (nSPS) is 11.1. The highest BCUT2D eigenvalue weighted by atomic mass is 79.9. The van der Waals surface area contributed by atoms with Crippen LogP contribution in [-0.4, -0.2) is 9.97 Å². The molecule has 2 aromatic carbocycles. The molecule has 3 heteroatoms. The topological polar surface area (TPSA) is 28.7 Å². The van der Waals surface area contributed by atoms with Crippen molar-refractivity contribution < 1.29 is 0 Å². The maximum Gasteiger partial charge on any atom is 0.138 e. The van der Waals surface area contributed by atoms with Crippen molar-refractivity contribution in [3.05, 3.63) is 52.0 Å². The van der Waals surface area contributed by atoms with Crippen LogP contribution in [0.2, 0.25) is 0 Å². The van der Waals surface area contributed by atoms with Crippen molar-refractivity contribution in [3.63, 3.8) is 0 Å². The number of imidazole rings is 1. The van der Waals surface area contributed by atoms with Crippen LogP contribution in [0.5, 0.6) is 0 Å². The number of fused-ring (bicyclic) bond motifs is 1. The summed E-state index contributed by atoms with van der Waals surface area (Å²) in [5.41, 5.74) is 5.75. The SMILES string of the molecule is Cc1c(Br)ccc(-c2nc3ccccc3[nH]2)c1C. The summed E-state index contributed by atoms with van der Waals surface area (Å²) >= 11 is 3.56. The van der Waals surface area contributed by atoms with E-state index in [1.54, 1.807) is 0 Å². The third-order valence-corrected chi connectivity index (χ3v) is 4.22. The highest BCUT2D eigenvalue weighted by Gasteiger charge is 2.10. The smallest absolute Gasteiger partial charge is 0.138 e. The predicted octanol–water partition coefficient (Wildman–Crippen LogP) is 4.61. The Morgan fingerprint density at radius 2 is 1.78 bits per heavy atom. The number of nitrogens with zero attached hydrogens (tertiary/aromatic N) is 1.